The fourth-order valence-electron chi connectivity index (χ4n) is 1.87. The maximum absolute atomic E-state index is 11.7. The Bertz CT molecular complexity index is 506. The first-order valence-electron chi connectivity index (χ1n) is 5.43. The van der Waals surface area contributed by atoms with Crippen LogP contribution in [-0.2, 0) is 0 Å². The second-order valence-electron chi connectivity index (χ2n) is 4.23. The monoisotopic (exact) mass is 273 g/mol. The van der Waals surface area contributed by atoms with E-state index < -0.39 is 28.5 Å². The van der Waals surface area contributed by atoms with Crippen molar-refractivity contribution in [1.29, 1.82) is 0 Å². The molecular formula is C10H15N3O4S. The molecule has 2 heterocycles. The van der Waals surface area contributed by atoms with E-state index in [0.717, 1.165) is 11.8 Å². The summed E-state index contributed by atoms with van der Waals surface area (Å²) in [6.07, 6.45) is -0.706. The highest BCUT2D eigenvalue weighted by molar-refractivity contribution is 8.00. The van der Waals surface area contributed by atoms with Crippen molar-refractivity contribution in [1.82, 2.24) is 9.55 Å². The largest absolute Gasteiger partial charge is 0.395 e. The van der Waals surface area contributed by atoms with Gasteiger partial charge in [-0.05, 0) is 6.92 Å². The molecule has 100 valence electrons. The van der Waals surface area contributed by atoms with E-state index in [0.29, 0.717) is 5.56 Å². The second-order valence-corrected chi connectivity index (χ2v) is 5.59. The lowest BCUT2D eigenvalue weighted by Crippen LogP contribution is -2.36. The third-order valence-corrected chi connectivity index (χ3v) is 4.53. The molecule has 18 heavy (non-hydrogen) atoms. The molecule has 1 fully saturated rings. The van der Waals surface area contributed by atoms with E-state index in [1.807, 2.05) is 0 Å². The third-order valence-electron chi connectivity index (χ3n) is 2.97. The van der Waals surface area contributed by atoms with Crippen molar-refractivity contribution < 1.29 is 15.3 Å². The van der Waals surface area contributed by atoms with Gasteiger partial charge in [-0.3, -0.25) is 4.57 Å². The van der Waals surface area contributed by atoms with Crippen LogP contribution in [0.15, 0.2) is 11.0 Å². The zero-order valence-electron chi connectivity index (χ0n) is 9.72. The minimum Gasteiger partial charge on any atom is -0.395 e. The summed E-state index contributed by atoms with van der Waals surface area (Å²) in [5.74, 6) is 0.146. The first-order chi connectivity index (χ1) is 8.45. The molecule has 5 N–H and O–H groups in total. The molecule has 1 saturated heterocycles. The maximum Gasteiger partial charge on any atom is 0.350 e. The normalized spacial score (nSPS) is 31.8. The summed E-state index contributed by atoms with van der Waals surface area (Å²) in [6, 6.07) is 0. The fraction of sp³-hybridized carbons (Fsp3) is 0.600. The summed E-state index contributed by atoms with van der Waals surface area (Å²) in [5.41, 5.74) is 5.55. The van der Waals surface area contributed by atoms with Crippen molar-refractivity contribution in [3.63, 3.8) is 0 Å². The van der Waals surface area contributed by atoms with Gasteiger partial charge in [-0.15, -0.1) is 11.8 Å². The number of hydrogen-bond acceptors (Lipinski definition) is 7. The Hall–Kier alpha value is -1.09. The number of aromatic nitrogens is 2. The van der Waals surface area contributed by atoms with Crippen molar-refractivity contribution in [2.75, 3.05) is 12.3 Å². The smallest absolute Gasteiger partial charge is 0.350 e. The first kappa shape index (κ1) is 13.3. The van der Waals surface area contributed by atoms with Gasteiger partial charge in [-0.1, -0.05) is 0 Å². The van der Waals surface area contributed by atoms with E-state index in [-0.39, 0.29) is 12.4 Å². The highest BCUT2D eigenvalue weighted by Gasteiger charge is 2.43. The molecular weight excluding hydrogens is 258 g/mol. The molecule has 0 radical (unpaired) electrons. The van der Waals surface area contributed by atoms with E-state index in [4.69, 9.17) is 10.8 Å². The van der Waals surface area contributed by atoms with Crippen LogP contribution < -0.4 is 11.4 Å². The summed E-state index contributed by atoms with van der Waals surface area (Å²) in [7, 11) is 0. The predicted molar refractivity (Wildman–Crippen MR) is 67.2 cm³/mol. The molecule has 0 saturated carbocycles. The van der Waals surface area contributed by atoms with Crippen LogP contribution in [0.3, 0.4) is 0 Å². The Labute approximate surface area is 107 Å². The van der Waals surface area contributed by atoms with E-state index in [9.17, 15) is 15.0 Å². The lowest BCUT2D eigenvalue weighted by molar-refractivity contribution is 0.0101. The molecule has 0 amide bonds. The molecule has 1 aromatic rings. The third kappa shape index (κ3) is 2.12. The van der Waals surface area contributed by atoms with E-state index in [1.165, 1.54) is 10.8 Å². The van der Waals surface area contributed by atoms with Crippen molar-refractivity contribution >= 4 is 17.6 Å². The molecule has 2 rings (SSSR count). The van der Waals surface area contributed by atoms with Gasteiger partial charge in [0.25, 0.3) is 0 Å². The first-order valence-corrected chi connectivity index (χ1v) is 6.37. The number of anilines is 1. The predicted octanol–water partition coefficient (Wildman–Crippen LogP) is -1.54. The van der Waals surface area contributed by atoms with Crippen LogP contribution in [0.5, 0.6) is 0 Å². The number of thioether (sulfide) groups is 1. The number of aliphatic hydroxyl groups is 3. The summed E-state index contributed by atoms with van der Waals surface area (Å²) in [4.78, 5) is 15.4. The van der Waals surface area contributed by atoms with Crippen molar-refractivity contribution in [3.8, 4) is 0 Å². The topological polar surface area (TPSA) is 122 Å². The molecule has 2 unspecified atom stereocenters. The number of aliphatic hydroxyl groups excluding tert-OH is 3. The van der Waals surface area contributed by atoms with Gasteiger partial charge >= 0.3 is 5.69 Å². The molecule has 1 aliphatic rings. The summed E-state index contributed by atoms with van der Waals surface area (Å²) in [5, 5.41) is 27.5. The molecule has 0 aliphatic carbocycles. The number of rotatable bonds is 2. The van der Waals surface area contributed by atoms with E-state index >= 15 is 0 Å². The van der Waals surface area contributed by atoms with Gasteiger partial charge in [0, 0.05) is 11.8 Å². The van der Waals surface area contributed by atoms with Gasteiger partial charge in [-0.25, -0.2) is 4.79 Å². The van der Waals surface area contributed by atoms with E-state index in [2.05, 4.69) is 4.98 Å². The average molecular weight is 273 g/mol. The van der Waals surface area contributed by atoms with Gasteiger partial charge in [0.2, 0.25) is 0 Å². The van der Waals surface area contributed by atoms with Crippen molar-refractivity contribution in [2.24, 2.45) is 0 Å². The quantitative estimate of drug-likeness (QED) is 0.515. The minimum absolute atomic E-state index is 0.146. The molecule has 0 spiro atoms. The van der Waals surface area contributed by atoms with Crippen LogP contribution in [0.1, 0.15) is 10.9 Å². The molecule has 1 aliphatic heterocycles. The Kier molecular flexibility index (Phi) is 3.62. The molecule has 1 aromatic heterocycles. The molecule has 0 bridgehead atoms. The van der Waals surface area contributed by atoms with Gasteiger partial charge in [0.05, 0.1) is 18.0 Å². The SMILES string of the molecule is Cc1cn(C2S[C@H](CO)[C@H](O)C2O)c(=O)nc1N. The van der Waals surface area contributed by atoms with Crippen LogP contribution in [-0.4, -0.2) is 48.9 Å². The van der Waals surface area contributed by atoms with Gasteiger partial charge < -0.3 is 21.1 Å². The fourth-order valence-corrected chi connectivity index (χ4v) is 3.24. The minimum atomic E-state index is -1.13. The van der Waals surface area contributed by atoms with Gasteiger partial charge in [0.15, 0.2) is 0 Å². The number of hydrogen-bond donors (Lipinski definition) is 4. The van der Waals surface area contributed by atoms with Crippen LogP contribution >= 0.6 is 11.8 Å². The second kappa shape index (κ2) is 4.88. The molecule has 8 heteroatoms. The van der Waals surface area contributed by atoms with Gasteiger partial charge in [0.1, 0.15) is 17.3 Å². The van der Waals surface area contributed by atoms with Crippen molar-refractivity contribution in [3.05, 3.63) is 22.2 Å². The van der Waals surface area contributed by atoms with E-state index in [1.54, 1.807) is 6.92 Å². The highest BCUT2D eigenvalue weighted by atomic mass is 32.2. The van der Waals surface area contributed by atoms with Gasteiger partial charge in [-0.2, -0.15) is 4.98 Å². The van der Waals surface area contributed by atoms with Crippen molar-refractivity contribution in [2.45, 2.75) is 29.8 Å². The summed E-state index contributed by atoms with van der Waals surface area (Å²) >= 11 is 1.14. The lowest BCUT2D eigenvalue weighted by atomic mass is 10.1. The maximum atomic E-state index is 11.7. The number of nitrogens with two attached hydrogens (primary N) is 1. The zero-order chi connectivity index (χ0) is 13.4. The Balaban J connectivity index is 2.39. The van der Waals surface area contributed by atoms with Crippen LogP contribution in [0.4, 0.5) is 5.82 Å². The summed E-state index contributed by atoms with van der Waals surface area (Å²) < 4.78 is 1.24. The van der Waals surface area contributed by atoms with Crippen LogP contribution in [0, 0.1) is 6.92 Å². The Morgan fingerprint density at radius 1 is 1.50 bits per heavy atom. The lowest BCUT2D eigenvalue weighted by Gasteiger charge is -2.18. The Morgan fingerprint density at radius 3 is 2.72 bits per heavy atom. The molecule has 4 atom stereocenters. The number of nitrogen functional groups attached to an aromatic ring is 1. The standard InChI is InChI=1S/C10H15N3O4S/c1-4-2-13(10(17)12-8(4)11)9-7(16)6(15)5(3-14)18-9/h2,5-7,9,14-16H,3H2,1H3,(H2,11,12,17)/t5-,6+,7?,9?/m1/s1. The zero-order valence-corrected chi connectivity index (χ0v) is 10.5. The van der Waals surface area contributed by atoms with Crippen LogP contribution in [0.2, 0.25) is 0 Å². The summed E-state index contributed by atoms with van der Waals surface area (Å²) in [6.45, 7) is 1.43. The number of nitrogens with zero attached hydrogens (tertiary/aromatic N) is 2. The number of aryl methyl sites for hydroxylation is 1. The molecule has 0 aromatic carbocycles. The average Bonchev–Trinajstić information content (AvgIpc) is 2.61. The molecule has 7 nitrogen and oxygen atoms in total. The Morgan fingerprint density at radius 2 is 2.17 bits per heavy atom. The highest BCUT2D eigenvalue weighted by Crippen LogP contribution is 2.40. The van der Waals surface area contributed by atoms with Crippen LogP contribution in [0.25, 0.3) is 0 Å².